The summed E-state index contributed by atoms with van der Waals surface area (Å²) in [6, 6.07) is 45.4. The molecule has 0 radical (unpaired) electrons. The van der Waals surface area contributed by atoms with Crippen molar-refractivity contribution in [1.29, 1.82) is 0 Å². The summed E-state index contributed by atoms with van der Waals surface area (Å²) in [5.41, 5.74) is 19.8. The van der Waals surface area contributed by atoms with Crippen molar-refractivity contribution in [2.45, 2.75) is 244 Å². The Morgan fingerprint density at radius 3 is 1.27 bits per heavy atom. The maximum Gasteiger partial charge on any atom is 0.373 e. The van der Waals surface area contributed by atoms with Crippen molar-refractivity contribution in [2.75, 3.05) is 100.0 Å². The SMILES string of the molecule is C#CCN(CCCOc1ccc(Cl)cc1Cl)CCCSC(=O)CCCCCN1/C(=C\C=C2/CCCC(/C=C/C3=[N+](CCCCCC(=O)O)c4ccccc4C3(C)C)=C2Cl)C(C)(C)c2ccccc21.C#CCN(CCCS)CCCOc1ccc(Cl)cc1Cl.CCCCC[N+]1=C(C=CC2=C(Cl)C(=CC=C3N(CCCCCC(=O)O)c4ccccc4C3(C)C)CCC2)C(C)(C)c2ccccc21.O=C=O.[Br-].[Br-]. The van der Waals surface area contributed by atoms with Gasteiger partial charge in [-0.1, -0.05) is 244 Å². The lowest BCUT2D eigenvalue weighted by molar-refractivity contribution is -0.438. The fraction of sp³-hybridized carbons (Fsp3) is 0.456. The number of unbranched alkanes of at least 4 members (excludes halogenated alkanes) is 8. The predicted octanol–water partition coefficient (Wildman–Crippen LogP) is 22.7. The van der Waals surface area contributed by atoms with Gasteiger partial charge in [-0.2, -0.15) is 31.4 Å². The standard InChI is InChI=1S/C57H68Cl3N3O4S.C41H51ClN2O2.C15H19Cl2NOS.CO2.2BrH/c1-6-34-61(35-18-39-67-50-31-30-44(58)41-47(50)59)36-19-40-68-54(66)27-10-8-16-38-63-49-25-14-12-23-46(49)57(4,5)52(63)33-29-43-21-17-20-42(55(43)60)28-32-51-56(2,3)45-22-11-13-24-48(45)62(51)37-15-7-9-26-53(64)65;1-6-7-14-28-43-34-21-12-10-19-32(34)40(2,3)36(43)26-24-30-17-16-18-31(39(30)42)25-27-37-41(4,5)33-20-11-13-22-35(33)44(37)29-15-8-9-23-38(45)46;1-2-7-18(9-4-11-20)8-3-10-19-15-6-5-13(16)12-14(15)17;2-1-3;;/h1,11-14,22-25,28-33,41H,7-10,15-21,26-27,34-40H2,2-5H3;10-13,19-22,24-27H,6-9,14-18,23,28-29H2,1-5H3;1,5-6,12,20H,3-4,7-11H2;;2*1H. The van der Waals surface area contributed by atoms with Gasteiger partial charge in [-0.15, -0.1) is 12.8 Å². The molecule has 2 N–H and O–H groups in total. The van der Waals surface area contributed by atoms with Gasteiger partial charge >= 0.3 is 18.1 Å². The monoisotopic (exact) mass is 2170 g/mol. The van der Waals surface area contributed by atoms with E-state index in [1.165, 1.54) is 110 Å². The van der Waals surface area contributed by atoms with Crippen molar-refractivity contribution < 1.29 is 86.8 Å². The lowest BCUT2D eigenvalue weighted by atomic mass is 9.81. The van der Waals surface area contributed by atoms with Gasteiger partial charge in [0.2, 0.25) is 11.4 Å². The molecule has 0 atom stereocenters. The Morgan fingerprint density at radius 2 is 0.863 bits per heavy atom. The maximum absolute atomic E-state index is 12.9. The number of carboxylic acid groups (broad SMARTS) is 2. The summed E-state index contributed by atoms with van der Waals surface area (Å²) >= 11 is 44.3. The Balaban J connectivity index is 0.000000317. The van der Waals surface area contributed by atoms with Gasteiger partial charge in [-0.3, -0.25) is 24.2 Å². The molecule has 0 bridgehead atoms. The third-order valence-electron chi connectivity index (χ3n) is 26.4. The average Bonchev–Trinajstić information content (AvgIpc) is 1.61. The van der Waals surface area contributed by atoms with Gasteiger partial charge in [0.25, 0.3) is 0 Å². The number of carboxylic acids is 2. The molecule has 12 rings (SSSR count). The lowest BCUT2D eigenvalue weighted by Gasteiger charge is -2.27. The Labute approximate surface area is 889 Å². The summed E-state index contributed by atoms with van der Waals surface area (Å²) in [5.74, 6) is 6.92. The summed E-state index contributed by atoms with van der Waals surface area (Å²) in [5, 5.41) is 22.4. The highest BCUT2D eigenvalue weighted by Crippen LogP contribution is 2.51. The first-order valence-electron chi connectivity index (χ1n) is 48.7. The summed E-state index contributed by atoms with van der Waals surface area (Å²) in [4.78, 5) is 60.7. The van der Waals surface area contributed by atoms with Gasteiger partial charge < -0.3 is 63.4 Å². The fourth-order valence-electron chi connectivity index (χ4n) is 19.1. The number of rotatable bonds is 47. The predicted molar refractivity (Wildman–Crippen MR) is 576 cm³/mol. The minimum Gasteiger partial charge on any atom is -1.00 e. The van der Waals surface area contributed by atoms with Crippen molar-refractivity contribution in [3.05, 3.63) is 268 Å². The number of anilines is 2. The number of terminal acetylenes is 2. The number of aliphatic carboxylic acids is 2. The summed E-state index contributed by atoms with van der Waals surface area (Å²) < 4.78 is 16.4. The van der Waals surface area contributed by atoms with E-state index < -0.39 is 11.9 Å². The van der Waals surface area contributed by atoms with Gasteiger partial charge in [-0.05, 0) is 250 Å². The van der Waals surface area contributed by atoms with Crippen molar-refractivity contribution >= 4 is 151 Å². The van der Waals surface area contributed by atoms with Gasteiger partial charge in [0, 0.05) is 153 Å². The zero-order valence-corrected chi connectivity index (χ0v) is 91.8. The van der Waals surface area contributed by atoms with Crippen molar-refractivity contribution in [3.63, 3.8) is 0 Å². The van der Waals surface area contributed by atoms with E-state index in [-0.39, 0.29) is 79.7 Å². The third-order valence-corrected chi connectivity index (χ3v) is 29.7. The highest BCUT2D eigenvalue weighted by atomic mass is 79.9. The van der Waals surface area contributed by atoms with Crippen LogP contribution in [-0.2, 0) is 45.6 Å². The van der Waals surface area contributed by atoms with Crippen LogP contribution in [0.25, 0.3) is 0 Å². The molecule has 4 heterocycles. The maximum atomic E-state index is 12.9. The van der Waals surface area contributed by atoms with Crippen LogP contribution in [0.1, 0.15) is 245 Å². The Bertz CT molecular complexity index is 5580. The van der Waals surface area contributed by atoms with Gasteiger partial charge in [0.05, 0.1) is 47.2 Å². The first-order valence-corrected chi connectivity index (χ1v) is 52.6. The molecule has 0 saturated carbocycles. The third kappa shape index (κ3) is 34.2. The second-order valence-electron chi connectivity index (χ2n) is 37.7. The second-order valence-corrected chi connectivity index (χ2v) is 41.7. The van der Waals surface area contributed by atoms with Gasteiger partial charge in [-0.25, -0.2) is 0 Å². The number of benzene rings is 6. The van der Waals surface area contributed by atoms with E-state index in [2.05, 4.69) is 261 Å². The number of thiol groups is 1. The number of hydrogen-bond acceptors (Lipinski definition) is 13. The molecule has 0 aromatic heterocycles. The molecule has 6 aliphatic rings. The molecule has 0 spiro atoms. The molecule has 0 saturated heterocycles. The number of hydrogen-bond donors (Lipinski definition) is 3. The molecule has 15 nitrogen and oxygen atoms in total. The largest absolute Gasteiger partial charge is 1.00 e. The normalized spacial score (nSPS) is 16.8. The number of para-hydroxylation sites is 4. The molecule has 0 unspecified atom stereocenters. The Morgan fingerprint density at radius 1 is 0.475 bits per heavy atom. The number of allylic oxidation sites excluding steroid dienone is 16. The van der Waals surface area contributed by atoms with E-state index in [9.17, 15) is 14.4 Å². The topological polar surface area (TPSA) is 163 Å². The molecule has 25 heteroatoms. The van der Waals surface area contributed by atoms with Crippen LogP contribution in [0, 0.1) is 24.7 Å². The van der Waals surface area contributed by atoms with E-state index in [0.29, 0.717) is 77.2 Å². The number of halogens is 8. The average molecular weight is 2180 g/mol. The van der Waals surface area contributed by atoms with E-state index in [0.717, 1.165) is 194 Å². The summed E-state index contributed by atoms with van der Waals surface area (Å²) in [6.45, 7) is 30.3. The highest BCUT2D eigenvalue weighted by molar-refractivity contribution is 8.13. The molecule has 0 amide bonds. The number of ether oxygens (including phenoxy) is 2. The molecule has 0 fully saturated rings. The Hall–Kier alpha value is -7.79. The molecule has 139 heavy (non-hydrogen) atoms. The number of carbonyl (C=O) groups is 3. The van der Waals surface area contributed by atoms with E-state index >= 15 is 0 Å². The van der Waals surface area contributed by atoms with Gasteiger partial charge in [0.15, 0.2) is 16.5 Å². The lowest BCUT2D eigenvalue weighted by Crippen LogP contribution is -3.00. The van der Waals surface area contributed by atoms with Crippen LogP contribution in [0.4, 0.5) is 22.7 Å². The molecule has 6 aromatic rings. The first kappa shape index (κ1) is 118. The van der Waals surface area contributed by atoms with E-state index in [1.54, 1.807) is 36.4 Å². The van der Waals surface area contributed by atoms with Crippen LogP contribution < -0.4 is 53.2 Å². The minimum absolute atomic E-state index is 0. The molecule has 2 aliphatic carbocycles. The Kier molecular flexibility index (Phi) is 51.1. The molecule has 4 aliphatic heterocycles. The highest BCUT2D eigenvalue weighted by Gasteiger charge is 2.47. The molecular weight excluding hydrogens is 2030 g/mol. The fourth-order valence-corrected chi connectivity index (χ4v) is 21.6. The van der Waals surface area contributed by atoms with Crippen LogP contribution in [0.2, 0.25) is 20.1 Å². The van der Waals surface area contributed by atoms with Crippen LogP contribution >= 0.6 is 94.0 Å². The molecule has 748 valence electrons. The van der Waals surface area contributed by atoms with Crippen molar-refractivity contribution in [2.24, 2.45) is 0 Å². The van der Waals surface area contributed by atoms with Crippen molar-refractivity contribution in [1.82, 2.24) is 9.80 Å². The zero-order valence-electron chi connectivity index (χ0n) is 82.4. The van der Waals surface area contributed by atoms with Crippen molar-refractivity contribution in [3.8, 4) is 36.2 Å². The van der Waals surface area contributed by atoms with Crippen LogP contribution in [0.5, 0.6) is 11.5 Å². The quantitative estimate of drug-likeness (QED) is 0.0143. The smallest absolute Gasteiger partial charge is 0.373 e. The first-order chi connectivity index (χ1) is 65.9. The van der Waals surface area contributed by atoms with E-state index in [1.807, 2.05) is 0 Å². The second kappa shape index (κ2) is 60.1. The molecular formula is C114H140Br2Cl6N6O9S2. The van der Waals surface area contributed by atoms with E-state index in [4.69, 9.17) is 112 Å². The molecule has 6 aromatic carbocycles. The number of fused-ring (bicyclic) bond motifs is 4. The van der Waals surface area contributed by atoms with Crippen LogP contribution in [-0.4, -0.2) is 154 Å². The minimum atomic E-state index is -0.733. The number of carbonyl (C=O) groups excluding carboxylic acids is 3. The van der Waals surface area contributed by atoms with Crippen LogP contribution in [0.3, 0.4) is 0 Å². The zero-order chi connectivity index (χ0) is 99.1. The number of thioether (sulfide) groups is 1. The number of nitrogens with zero attached hydrogens (tertiary/aromatic N) is 6. The summed E-state index contributed by atoms with van der Waals surface area (Å²) in [6.07, 6.45) is 51.6. The van der Waals surface area contributed by atoms with Gasteiger partial charge in [0.1, 0.15) is 24.6 Å². The summed E-state index contributed by atoms with van der Waals surface area (Å²) in [7, 11) is 0. The van der Waals surface area contributed by atoms with Crippen LogP contribution in [0.15, 0.2) is 226 Å².